The Hall–Kier alpha value is -0.450. The molecule has 0 aliphatic heterocycles. The van der Waals surface area contributed by atoms with E-state index in [-0.39, 0.29) is 0 Å². The molecule has 1 heterocycles. The summed E-state index contributed by atoms with van der Waals surface area (Å²) in [6, 6.07) is 0.720. The molecule has 2 atom stereocenters. The number of nitrogens with zero attached hydrogens (tertiary/aromatic N) is 1. The van der Waals surface area contributed by atoms with Crippen LogP contribution in [0.1, 0.15) is 36.2 Å². The lowest BCUT2D eigenvalue weighted by Gasteiger charge is -2.19. The van der Waals surface area contributed by atoms with Crippen LogP contribution in [0.15, 0.2) is 6.20 Å². The van der Waals surface area contributed by atoms with Crippen LogP contribution in [0.2, 0.25) is 0 Å². The van der Waals surface area contributed by atoms with Gasteiger partial charge in [0.1, 0.15) is 5.01 Å². The van der Waals surface area contributed by atoms with E-state index in [2.05, 4.69) is 31.1 Å². The summed E-state index contributed by atoms with van der Waals surface area (Å²) in [5.74, 6) is 0. The zero-order chi connectivity index (χ0) is 11.3. The third-order valence-electron chi connectivity index (χ3n) is 2.25. The zero-order valence-corrected chi connectivity index (χ0v) is 10.7. The number of aromatic nitrogens is 1. The quantitative estimate of drug-likeness (QED) is 0.812. The van der Waals surface area contributed by atoms with Crippen molar-refractivity contribution in [3.8, 4) is 0 Å². The molecule has 0 saturated carbocycles. The van der Waals surface area contributed by atoms with Gasteiger partial charge in [-0.05, 0) is 20.3 Å². The first-order valence-corrected chi connectivity index (χ1v) is 6.16. The van der Waals surface area contributed by atoms with Gasteiger partial charge in [0, 0.05) is 24.2 Å². The van der Waals surface area contributed by atoms with Gasteiger partial charge in [-0.15, -0.1) is 11.3 Å². The van der Waals surface area contributed by atoms with E-state index in [0.29, 0.717) is 12.1 Å². The smallest absolute Gasteiger partial charge is 0.110 e. The number of hydrogen-bond acceptors (Lipinski definition) is 4. The molecular weight excluding hydrogens is 208 g/mol. The maximum atomic E-state index is 5.11. The van der Waals surface area contributed by atoms with Crippen LogP contribution in [0.4, 0.5) is 0 Å². The number of thiazole rings is 1. The molecule has 1 aromatic rings. The van der Waals surface area contributed by atoms with Crippen LogP contribution in [0, 0.1) is 6.92 Å². The zero-order valence-electron chi connectivity index (χ0n) is 9.91. The van der Waals surface area contributed by atoms with E-state index in [1.165, 1.54) is 9.88 Å². The van der Waals surface area contributed by atoms with Crippen LogP contribution >= 0.6 is 11.3 Å². The van der Waals surface area contributed by atoms with Crippen LogP contribution in [0.3, 0.4) is 0 Å². The summed E-state index contributed by atoms with van der Waals surface area (Å²) in [5, 5.41) is 4.70. The van der Waals surface area contributed by atoms with E-state index >= 15 is 0 Å². The molecule has 0 aliphatic rings. The minimum Gasteiger partial charge on any atom is -0.383 e. The first kappa shape index (κ1) is 12.6. The third kappa shape index (κ3) is 3.89. The fourth-order valence-corrected chi connectivity index (χ4v) is 2.46. The molecule has 0 aliphatic carbocycles. The largest absolute Gasteiger partial charge is 0.383 e. The number of nitrogens with one attached hydrogen (secondary N) is 1. The van der Waals surface area contributed by atoms with Gasteiger partial charge in [0.15, 0.2) is 0 Å². The van der Waals surface area contributed by atoms with Crippen molar-refractivity contribution in [3.63, 3.8) is 0 Å². The van der Waals surface area contributed by atoms with Crippen molar-refractivity contribution in [1.29, 1.82) is 0 Å². The Bertz CT molecular complexity index is 288. The Morgan fingerprint density at radius 2 is 2.33 bits per heavy atom. The summed E-state index contributed by atoms with van der Waals surface area (Å²) >= 11 is 1.77. The van der Waals surface area contributed by atoms with E-state index in [4.69, 9.17) is 4.74 Å². The molecule has 0 bridgehead atoms. The Morgan fingerprint density at radius 3 is 2.80 bits per heavy atom. The molecule has 3 nitrogen and oxygen atoms in total. The molecule has 0 amide bonds. The highest BCUT2D eigenvalue weighted by Crippen LogP contribution is 2.22. The van der Waals surface area contributed by atoms with Gasteiger partial charge in [-0.3, -0.25) is 0 Å². The number of hydrogen-bond donors (Lipinski definition) is 1. The molecule has 0 saturated heterocycles. The van der Waals surface area contributed by atoms with Crippen molar-refractivity contribution in [3.05, 3.63) is 16.1 Å². The molecule has 1 rings (SSSR count). The van der Waals surface area contributed by atoms with E-state index < -0.39 is 0 Å². The summed E-state index contributed by atoms with van der Waals surface area (Å²) < 4.78 is 5.11. The van der Waals surface area contributed by atoms with Crippen molar-refractivity contribution in [2.75, 3.05) is 13.7 Å². The lowest BCUT2D eigenvalue weighted by molar-refractivity contribution is 0.166. The maximum absolute atomic E-state index is 5.11. The van der Waals surface area contributed by atoms with Gasteiger partial charge >= 0.3 is 0 Å². The lowest BCUT2D eigenvalue weighted by Crippen LogP contribution is -2.33. The van der Waals surface area contributed by atoms with Crippen LogP contribution < -0.4 is 5.32 Å². The molecule has 2 unspecified atom stereocenters. The number of ether oxygens (including phenoxy) is 1. The van der Waals surface area contributed by atoms with Gasteiger partial charge in [-0.1, -0.05) is 6.92 Å². The van der Waals surface area contributed by atoms with Gasteiger partial charge in [-0.2, -0.15) is 0 Å². The van der Waals surface area contributed by atoms with Crippen LogP contribution in [0.5, 0.6) is 0 Å². The van der Waals surface area contributed by atoms with Crippen LogP contribution in [0.25, 0.3) is 0 Å². The standard InChI is InChI=1S/C11H20N2OS/c1-5-10(13-8(2)7-14-4)11-12-6-9(3)15-11/h6,8,10,13H,5,7H2,1-4H3. The second kappa shape index (κ2) is 6.20. The maximum Gasteiger partial charge on any atom is 0.110 e. The Labute approximate surface area is 95.9 Å². The second-order valence-corrected chi connectivity index (χ2v) is 5.06. The topological polar surface area (TPSA) is 34.1 Å². The minimum absolute atomic E-state index is 0.355. The molecule has 15 heavy (non-hydrogen) atoms. The monoisotopic (exact) mass is 228 g/mol. The van der Waals surface area contributed by atoms with Gasteiger partial charge in [0.2, 0.25) is 0 Å². The molecule has 1 aromatic heterocycles. The first-order valence-electron chi connectivity index (χ1n) is 5.34. The van der Waals surface area contributed by atoms with Gasteiger partial charge in [0.05, 0.1) is 12.6 Å². The third-order valence-corrected chi connectivity index (χ3v) is 3.27. The van der Waals surface area contributed by atoms with E-state index in [0.717, 1.165) is 13.0 Å². The Morgan fingerprint density at radius 1 is 1.60 bits per heavy atom. The molecule has 0 radical (unpaired) electrons. The second-order valence-electron chi connectivity index (χ2n) is 3.79. The summed E-state index contributed by atoms with van der Waals surface area (Å²) in [4.78, 5) is 5.68. The van der Waals surface area contributed by atoms with Crippen molar-refractivity contribution in [1.82, 2.24) is 10.3 Å². The highest BCUT2D eigenvalue weighted by atomic mass is 32.1. The van der Waals surface area contributed by atoms with Crippen molar-refractivity contribution < 1.29 is 4.74 Å². The van der Waals surface area contributed by atoms with E-state index in [1.54, 1.807) is 18.4 Å². The van der Waals surface area contributed by atoms with E-state index in [1.807, 2.05) is 6.20 Å². The Balaban J connectivity index is 2.56. The normalized spacial score (nSPS) is 15.2. The fraction of sp³-hybridized carbons (Fsp3) is 0.727. The van der Waals surface area contributed by atoms with Crippen LogP contribution in [-0.2, 0) is 4.74 Å². The summed E-state index contributed by atoms with van der Waals surface area (Å²) in [7, 11) is 1.73. The van der Waals surface area contributed by atoms with Crippen molar-refractivity contribution >= 4 is 11.3 Å². The average Bonchev–Trinajstić information content (AvgIpc) is 2.61. The SMILES string of the molecule is CCC(NC(C)COC)c1ncc(C)s1. The van der Waals surface area contributed by atoms with Crippen molar-refractivity contribution in [2.24, 2.45) is 0 Å². The summed E-state index contributed by atoms with van der Waals surface area (Å²) in [6.07, 6.45) is 2.99. The predicted molar refractivity (Wildman–Crippen MR) is 64.4 cm³/mol. The summed E-state index contributed by atoms with van der Waals surface area (Å²) in [6.45, 7) is 7.13. The highest BCUT2D eigenvalue weighted by Gasteiger charge is 2.15. The van der Waals surface area contributed by atoms with Gasteiger partial charge < -0.3 is 10.1 Å². The van der Waals surface area contributed by atoms with Gasteiger partial charge in [0.25, 0.3) is 0 Å². The molecule has 0 fully saturated rings. The fourth-order valence-electron chi connectivity index (χ4n) is 1.54. The molecular formula is C11H20N2OS. The average molecular weight is 228 g/mol. The molecule has 0 aromatic carbocycles. The number of methoxy groups -OCH3 is 1. The molecule has 86 valence electrons. The first-order chi connectivity index (χ1) is 7.17. The molecule has 1 N–H and O–H groups in total. The summed E-state index contributed by atoms with van der Waals surface area (Å²) in [5.41, 5.74) is 0. The Kier molecular flexibility index (Phi) is 5.22. The van der Waals surface area contributed by atoms with E-state index in [9.17, 15) is 0 Å². The molecule has 4 heteroatoms. The number of rotatable bonds is 6. The number of aryl methyl sites for hydroxylation is 1. The van der Waals surface area contributed by atoms with Gasteiger partial charge in [-0.25, -0.2) is 4.98 Å². The van der Waals surface area contributed by atoms with Crippen molar-refractivity contribution in [2.45, 2.75) is 39.3 Å². The molecule has 0 spiro atoms. The highest BCUT2D eigenvalue weighted by molar-refractivity contribution is 7.11. The van der Waals surface area contributed by atoms with Crippen LogP contribution in [-0.4, -0.2) is 24.7 Å². The predicted octanol–water partition coefficient (Wildman–Crippen LogP) is 2.53. The lowest BCUT2D eigenvalue weighted by atomic mass is 10.2. The minimum atomic E-state index is 0.355.